The summed E-state index contributed by atoms with van der Waals surface area (Å²) in [6.45, 7) is 7.56. The first-order valence-corrected chi connectivity index (χ1v) is 4.83. The number of hydrogen-bond acceptors (Lipinski definition) is 4. The molecule has 0 saturated carbocycles. The fourth-order valence-electron chi connectivity index (χ4n) is 1.23. The number of aromatic nitrogens is 1. The molecule has 0 aliphatic rings. The number of aryl methyl sites for hydroxylation is 2. The summed E-state index contributed by atoms with van der Waals surface area (Å²) in [6.07, 6.45) is 0. The molecule has 1 aromatic heterocycles. The van der Waals surface area contributed by atoms with Gasteiger partial charge in [-0.05, 0) is 27.7 Å². The second-order valence-corrected chi connectivity index (χ2v) is 4.24. The van der Waals surface area contributed by atoms with Gasteiger partial charge in [0.05, 0.1) is 5.69 Å². The van der Waals surface area contributed by atoms with Crippen LogP contribution in [0.3, 0.4) is 0 Å². The third kappa shape index (κ3) is 3.21. The summed E-state index contributed by atoms with van der Waals surface area (Å²) in [5, 5.41) is 6.55. The van der Waals surface area contributed by atoms with Crippen molar-refractivity contribution in [2.75, 3.05) is 6.54 Å². The largest absolute Gasteiger partial charge is 0.361 e. The van der Waals surface area contributed by atoms with E-state index < -0.39 is 5.54 Å². The van der Waals surface area contributed by atoms with E-state index in [-0.39, 0.29) is 18.3 Å². The summed E-state index contributed by atoms with van der Waals surface area (Å²) in [5.74, 6) is 0.333. The standard InChI is InChI=1S/C10H17N3O2.ClH/c1-6-8(7(2)15-13-6)9(14)12-10(3,4)5-11;/h5,11H2,1-4H3,(H,12,14);1H. The molecule has 0 saturated heterocycles. The zero-order valence-electron chi connectivity index (χ0n) is 9.96. The van der Waals surface area contributed by atoms with Gasteiger partial charge in [0, 0.05) is 12.1 Å². The highest BCUT2D eigenvalue weighted by Crippen LogP contribution is 2.13. The molecule has 0 bridgehead atoms. The number of nitrogens with two attached hydrogens (primary N) is 1. The van der Waals surface area contributed by atoms with Crippen LogP contribution in [0.4, 0.5) is 0 Å². The van der Waals surface area contributed by atoms with E-state index in [0.717, 1.165) is 0 Å². The molecule has 1 rings (SSSR count). The van der Waals surface area contributed by atoms with Gasteiger partial charge in [0.15, 0.2) is 0 Å². The topological polar surface area (TPSA) is 81.2 Å². The van der Waals surface area contributed by atoms with Crippen molar-refractivity contribution in [1.29, 1.82) is 0 Å². The molecule has 0 unspecified atom stereocenters. The third-order valence-electron chi connectivity index (χ3n) is 2.22. The Morgan fingerprint density at radius 2 is 2.06 bits per heavy atom. The van der Waals surface area contributed by atoms with Crippen molar-refractivity contribution >= 4 is 18.3 Å². The van der Waals surface area contributed by atoms with E-state index in [0.29, 0.717) is 23.6 Å². The molecule has 0 radical (unpaired) electrons. The molecular weight excluding hydrogens is 230 g/mol. The molecule has 0 aromatic carbocycles. The molecular formula is C10H18ClN3O2. The number of nitrogens with one attached hydrogen (secondary N) is 1. The van der Waals surface area contributed by atoms with Crippen molar-refractivity contribution in [1.82, 2.24) is 10.5 Å². The highest BCUT2D eigenvalue weighted by Gasteiger charge is 2.23. The molecule has 0 atom stereocenters. The van der Waals surface area contributed by atoms with Crippen molar-refractivity contribution in [2.24, 2.45) is 5.73 Å². The van der Waals surface area contributed by atoms with E-state index in [1.807, 2.05) is 13.8 Å². The maximum Gasteiger partial charge on any atom is 0.257 e. The van der Waals surface area contributed by atoms with Gasteiger partial charge in [-0.25, -0.2) is 0 Å². The molecule has 16 heavy (non-hydrogen) atoms. The van der Waals surface area contributed by atoms with Crippen LogP contribution in [0.5, 0.6) is 0 Å². The second kappa shape index (κ2) is 5.32. The molecule has 0 fully saturated rings. The number of carbonyl (C=O) groups is 1. The molecule has 3 N–H and O–H groups in total. The molecule has 6 heteroatoms. The Morgan fingerprint density at radius 1 is 1.50 bits per heavy atom. The summed E-state index contributed by atoms with van der Waals surface area (Å²) in [7, 11) is 0. The van der Waals surface area contributed by atoms with Crippen LogP contribution >= 0.6 is 12.4 Å². The van der Waals surface area contributed by atoms with Gasteiger partial charge in [0.25, 0.3) is 5.91 Å². The predicted octanol–water partition coefficient (Wildman–Crippen LogP) is 1.18. The van der Waals surface area contributed by atoms with E-state index in [4.69, 9.17) is 10.3 Å². The van der Waals surface area contributed by atoms with Crippen molar-refractivity contribution in [3.63, 3.8) is 0 Å². The monoisotopic (exact) mass is 247 g/mol. The van der Waals surface area contributed by atoms with Crippen LogP contribution in [-0.2, 0) is 0 Å². The summed E-state index contributed by atoms with van der Waals surface area (Å²) in [5.41, 5.74) is 6.20. The molecule has 0 aliphatic carbocycles. The molecule has 1 aromatic rings. The fourth-order valence-corrected chi connectivity index (χ4v) is 1.23. The smallest absolute Gasteiger partial charge is 0.257 e. The van der Waals surface area contributed by atoms with Gasteiger partial charge in [-0.2, -0.15) is 0 Å². The molecule has 1 amide bonds. The fraction of sp³-hybridized carbons (Fsp3) is 0.600. The molecule has 1 heterocycles. The summed E-state index contributed by atoms with van der Waals surface area (Å²) < 4.78 is 4.92. The summed E-state index contributed by atoms with van der Waals surface area (Å²) in [4.78, 5) is 11.9. The lowest BCUT2D eigenvalue weighted by Crippen LogP contribution is -2.49. The maximum atomic E-state index is 11.9. The van der Waals surface area contributed by atoms with Gasteiger partial charge in [0.1, 0.15) is 11.3 Å². The highest BCUT2D eigenvalue weighted by atomic mass is 35.5. The van der Waals surface area contributed by atoms with Gasteiger partial charge < -0.3 is 15.6 Å². The quantitative estimate of drug-likeness (QED) is 0.841. The normalized spacial score (nSPS) is 10.8. The lowest BCUT2D eigenvalue weighted by molar-refractivity contribution is 0.0913. The van der Waals surface area contributed by atoms with Crippen LogP contribution in [0.15, 0.2) is 4.52 Å². The molecule has 0 spiro atoms. The van der Waals surface area contributed by atoms with Gasteiger partial charge >= 0.3 is 0 Å². The minimum Gasteiger partial charge on any atom is -0.361 e. The Kier molecular flexibility index (Phi) is 4.96. The first-order chi connectivity index (χ1) is 6.87. The third-order valence-corrected chi connectivity index (χ3v) is 2.22. The summed E-state index contributed by atoms with van der Waals surface area (Å²) >= 11 is 0. The maximum absolute atomic E-state index is 11.9. The molecule has 0 aliphatic heterocycles. The van der Waals surface area contributed by atoms with E-state index in [1.54, 1.807) is 13.8 Å². The predicted molar refractivity (Wildman–Crippen MR) is 63.8 cm³/mol. The molecule has 92 valence electrons. The van der Waals surface area contributed by atoms with Gasteiger partial charge in [-0.1, -0.05) is 5.16 Å². The Bertz CT molecular complexity index is 355. The van der Waals surface area contributed by atoms with Crippen molar-refractivity contribution in [3.8, 4) is 0 Å². The van der Waals surface area contributed by atoms with Crippen LogP contribution in [0, 0.1) is 13.8 Å². The Hall–Kier alpha value is -1.07. The van der Waals surface area contributed by atoms with E-state index in [1.165, 1.54) is 0 Å². The van der Waals surface area contributed by atoms with Crippen LogP contribution in [0.1, 0.15) is 35.7 Å². The van der Waals surface area contributed by atoms with Crippen LogP contribution < -0.4 is 11.1 Å². The first-order valence-electron chi connectivity index (χ1n) is 4.83. The van der Waals surface area contributed by atoms with E-state index in [2.05, 4.69) is 10.5 Å². The lowest BCUT2D eigenvalue weighted by Gasteiger charge is -2.23. The highest BCUT2D eigenvalue weighted by molar-refractivity contribution is 5.96. The van der Waals surface area contributed by atoms with E-state index >= 15 is 0 Å². The number of hydrogen-bond donors (Lipinski definition) is 2. The average molecular weight is 248 g/mol. The van der Waals surface area contributed by atoms with Gasteiger partial charge in [-0.15, -0.1) is 12.4 Å². The second-order valence-electron chi connectivity index (χ2n) is 4.24. The molecule has 5 nitrogen and oxygen atoms in total. The van der Waals surface area contributed by atoms with Crippen LogP contribution in [-0.4, -0.2) is 23.1 Å². The average Bonchev–Trinajstić information content (AvgIpc) is 2.45. The number of carbonyl (C=O) groups excluding carboxylic acids is 1. The SMILES string of the molecule is Cc1noc(C)c1C(=O)NC(C)(C)CN.Cl. The minimum absolute atomic E-state index is 0. The number of halogens is 1. The van der Waals surface area contributed by atoms with E-state index in [9.17, 15) is 4.79 Å². The number of rotatable bonds is 3. The lowest BCUT2D eigenvalue weighted by atomic mass is 10.0. The van der Waals surface area contributed by atoms with Crippen molar-refractivity contribution in [2.45, 2.75) is 33.2 Å². The first kappa shape index (κ1) is 14.9. The van der Waals surface area contributed by atoms with Crippen molar-refractivity contribution < 1.29 is 9.32 Å². The Morgan fingerprint density at radius 3 is 2.44 bits per heavy atom. The number of amides is 1. The van der Waals surface area contributed by atoms with Crippen LogP contribution in [0.2, 0.25) is 0 Å². The van der Waals surface area contributed by atoms with Crippen molar-refractivity contribution in [3.05, 3.63) is 17.0 Å². The zero-order valence-corrected chi connectivity index (χ0v) is 10.8. The number of nitrogens with zero attached hydrogens (tertiary/aromatic N) is 1. The van der Waals surface area contributed by atoms with Gasteiger partial charge in [-0.3, -0.25) is 4.79 Å². The minimum atomic E-state index is -0.423. The Balaban J connectivity index is 0.00000225. The zero-order chi connectivity index (χ0) is 11.6. The Labute approximate surface area is 101 Å². The summed E-state index contributed by atoms with van der Waals surface area (Å²) in [6, 6.07) is 0. The van der Waals surface area contributed by atoms with Gasteiger partial charge in [0.2, 0.25) is 0 Å². The van der Waals surface area contributed by atoms with Crippen LogP contribution in [0.25, 0.3) is 0 Å².